The molecule has 0 radical (unpaired) electrons. The van der Waals surface area contributed by atoms with E-state index in [1.165, 1.54) is 19.2 Å². The number of nitrogens with two attached hydrogens (primary N) is 1. The third-order valence-electron chi connectivity index (χ3n) is 3.29. The first kappa shape index (κ1) is 23.6. The van der Waals surface area contributed by atoms with Crippen molar-refractivity contribution in [3.63, 3.8) is 0 Å². The predicted octanol–water partition coefficient (Wildman–Crippen LogP) is 1.14. The molecule has 1 aromatic rings. The molecule has 1 atom stereocenters. The minimum Gasteiger partial charge on any atom is -0.383 e. The van der Waals surface area contributed by atoms with Crippen molar-refractivity contribution >= 4 is 39.7 Å². The summed E-state index contributed by atoms with van der Waals surface area (Å²) in [5, 5.41) is 5.84. The predicted molar refractivity (Wildman–Crippen MR) is 102 cm³/mol. The lowest BCUT2D eigenvalue weighted by Gasteiger charge is -2.15. The molecule has 0 bridgehead atoms. The Labute approximate surface area is 155 Å². The Morgan fingerprint density at radius 2 is 2.00 bits per heavy atom. The number of rotatable bonds is 10. The van der Waals surface area contributed by atoms with Crippen LogP contribution < -0.4 is 21.1 Å². The van der Waals surface area contributed by atoms with Gasteiger partial charge in [-0.05, 0) is 38.6 Å². The number of ether oxygens (including phenoxy) is 1. The second-order valence-electron chi connectivity index (χ2n) is 5.40. The van der Waals surface area contributed by atoms with Crippen LogP contribution in [0.2, 0.25) is 0 Å². The number of hydrogen-bond donors (Lipinski definition) is 4. The second kappa shape index (κ2) is 11.3. The van der Waals surface area contributed by atoms with Crippen molar-refractivity contribution in [2.45, 2.75) is 30.7 Å². The van der Waals surface area contributed by atoms with Gasteiger partial charge in [0.15, 0.2) is 0 Å². The molecule has 1 aromatic carbocycles. The van der Waals surface area contributed by atoms with Gasteiger partial charge >= 0.3 is 0 Å². The first-order valence-corrected chi connectivity index (χ1v) is 9.14. The molecule has 25 heavy (non-hydrogen) atoms. The number of nitrogens with one attached hydrogen (secondary N) is 3. The summed E-state index contributed by atoms with van der Waals surface area (Å²) in [5.74, 6) is -0.221. The fraction of sp³-hybridized carbons (Fsp3) is 0.533. The second-order valence-corrected chi connectivity index (χ2v) is 7.29. The number of sulfonamides is 1. The van der Waals surface area contributed by atoms with Crippen LogP contribution in [-0.2, 0) is 19.6 Å². The van der Waals surface area contributed by atoms with E-state index in [0.29, 0.717) is 30.9 Å². The Hall–Kier alpha value is -1.39. The molecule has 0 aliphatic rings. The number of halogens is 1. The van der Waals surface area contributed by atoms with Crippen LogP contribution in [0.3, 0.4) is 0 Å². The highest BCUT2D eigenvalue weighted by Gasteiger charge is 2.15. The Morgan fingerprint density at radius 3 is 2.56 bits per heavy atom. The third-order valence-corrected chi connectivity index (χ3v) is 4.70. The molecule has 1 amide bonds. The molecule has 8 nitrogen and oxygen atoms in total. The standard InChI is InChI=1S/C15H26N4O4S.ClH/c1-11(16)4-7-15(20)19-14-10-12(24(21,22)17-2)5-6-13(14)18-8-9-23-3;/h5-6,10-11,17-18H,4,7-9,16H2,1-3H3,(H,19,20);1H. The van der Waals surface area contributed by atoms with Crippen molar-refractivity contribution in [1.29, 1.82) is 0 Å². The maximum Gasteiger partial charge on any atom is 0.240 e. The van der Waals surface area contributed by atoms with Crippen molar-refractivity contribution in [1.82, 2.24) is 4.72 Å². The first-order chi connectivity index (χ1) is 11.3. The highest BCUT2D eigenvalue weighted by Crippen LogP contribution is 2.25. The quantitative estimate of drug-likeness (QED) is 0.441. The normalized spacial score (nSPS) is 12.2. The number of benzene rings is 1. The Kier molecular flexibility index (Phi) is 10.6. The molecular weight excluding hydrogens is 368 g/mol. The molecule has 1 unspecified atom stereocenters. The summed E-state index contributed by atoms with van der Waals surface area (Å²) in [6.45, 7) is 2.83. The number of amides is 1. The van der Waals surface area contributed by atoms with E-state index in [-0.39, 0.29) is 35.7 Å². The van der Waals surface area contributed by atoms with Gasteiger partial charge in [-0.25, -0.2) is 13.1 Å². The van der Waals surface area contributed by atoms with Gasteiger partial charge in [0.05, 0.1) is 22.9 Å². The lowest BCUT2D eigenvalue weighted by atomic mass is 10.2. The molecule has 0 aromatic heterocycles. The van der Waals surface area contributed by atoms with E-state index < -0.39 is 10.0 Å². The maximum atomic E-state index is 12.0. The smallest absolute Gasteiger partial charge is 0.240 e. The van der Waals surface area contributed by atoms with Crippen molar-refractivity contribution in [2.75, 3.05) is 37.9 Å². The van der Waals surface area contributed by atoms with Gasteiger partial charge in [0.2, 0.25) is 15.9 Å². The van der Waals surface area contributed by atoms with Crippen LogP contribution in [0.4, 0.5) is 11.4 Å². The van der Waals surface area contributed by atoms with Crippen LogP contribution in [0.1, 0.15) is 19.8 Å². The number of methoxy groups -OCH3 is 1. The SMILES string of the molecule is CNS(=O)(=O)c1ccc(NCCOC)c(NC(=O)CCC(C)N)c1.Cl. The fourth-order valence-corrected chi connectivity index (χ4v) is 2.68. The van der Waals surface area contributed by atoms with Gasteiger partial charge in [-0.15, -0.1) is 12.4 Å². The fourth-order valence-electron chi connectivity index (χ4n) is 1.93. The lowest BCUT2D eigenvalue weighted by molar-refractivity contribution is -0.116. The molecule has 5 N–H and O–H groups in total. The van der Waals surface area contributed by atoms with Gasteiger partial charge in [0, 0.05) is 26.1 Å². The molecule has 0 heterocycles. The van der Waals surface area contributed by atoms with Crippen LogP contribution in [0.25, 0.3) is 0 Å². The van der Waals surface area contributed by atoms with E-state index in [2.05, 4.69) is 15.4 Å². The number of carbonyl (C=O) groups is 1. The van der Waals surface area contributed by atoms with Crippen molar-refractivity contribution in [3.05, 3.63) is 18.2 Å². The third kappa shape index (κ3) is 8.02. The summed E-state index contributed by atoms with van der Waals surface area (Å²) in [6.07, 6.45) is 0.810. The molecule has 0 saturated heterocycles. The van der Waals surface area contributed by atoms with Crippen molar-refractivity contribution in [2.24, 2.45) is 5.73 Å². The lowest BCUT2D eigenvalue weighted by Crippen LogP contribution is -2.21. The molecule has 0 fully saturated rings. The van der Waals surface area contributed by atoms with Gasteiger partial charge in [-0.2, -0.15) is 0 Å². The summed E-state index contributed by atoms with van der Waals surface area (Å²) in [5.41, 5.74) is 6.67. The van der Waals surface area contributed by atoms with Gasteiger partial charge in [0.1, 0.15) is 0 Å². The Bertz CT molecular complexity index is 653. The molecular formula is C15H27ClN4O4S. The molecule has 0 spiro atoms. The summed E-state index contributed by atoms with van der Waals surface area (Å²) in [4.78, 5) is 12.1. The molecule has 10 heteroatoms. The van der Waals surface area contributed by atoms with E-state index in [9.17, 15) is 13.2 Å². The topological polar surface area (TPSA) is 123 Å². The van der Waals surface area contributed by atoms with Gasteiger partial charge in [-0.1, -0.05) is 0 Å². The number of hydrogen-bond acceptors (Lipinski definition) is 6. The highest BCUT2D eigenvalue weighted by atomic mass is 35.5. The average molecular weight is 395 g/mol. The van der Waals surface area contributed by atoms with Crippen LogP contribution in [0.15, 0.2) is 23.1 Å². The van der Waals surface area contributed by atoms with Crippen LogP contribution in [0.5, 0.6) is 0 Å². The Morgan fingerprint density at radius 1 is 1.32 bits per heavy atom. The van der Waals surface area contributed by atoms with Crippen LogP contribution >= 0.6 is 12.4 Å². The summed E-state index contributed by atoms with van der Waals surface area (Å²) in [7, 11) is -0.679. The highest BCUT2D eigenvalue weighted by molar-refractivity contribution is 7.89. The monoisotopic (exact) mass is 394 g/mol. The van der Waals surface area contributed by atoms with E-state index in [1.54, 1.807) is 13.2 Å². The molecule has 0 aliphatic heterocycles. The van der Waals surface area contributed by atoms with E-state index in [0.717, 1.165) is 0 Å². The summed E-state index contributed by atoms with van der Waals surface area (Å²) >= 11 is 0. The first-order valence-electron chi connectivity index (χ1n) is 7.66. The van der Waals surface area contributed by atoms with Gasteiger partial charge < -0.3 is 21.1 Å². The summed E-state index contributed by atoms with van der Waals surface area (Å²) < 4.78 is 31.1. The molecule has 0 saturated carbocycles. The van der Waals surface area contributed by atoms with Gasteiger partial charge in [-0.3, -0.25) is 4.79 Å². The molecule has 144 valence electrons. The van der Waals surface area contributed by atoms with Crippen molar-refractivity contribution < 1.29 is 17.9 Å². The van der Waals surface area contributed by atoms with Gasteiger partial charge in [0.25, 0.3) is 0 Å². The largest absolute Gasteiger partial charge is 0.383 e. The van der Waals surface area contributed by atoms with Crippen LogP contribution in [0, 0.1) is 0 Å². The number of anilines is 2. The zero-order valence-corrected chi connectivity index (χ0v) is 16.3. The minimum absolute atomic E-state index is 0. The van der Waals surface area contributed by atoms with Crippen LogP contribution in [-0.4, -0.2) is 47.7 Å². The van der Waals surface area contributed by atoms with E-state index in [4.69, 9.17) is 10.5 Å². The zero-order chi connectivity index (χ0) is 18.2. The van der Waals surface area contributed by atoms with E-state index >= 15 is 0 Å². The molecule has 0 aliphatic carbocycles. The Balaban J connectivity index is 0.00000576. The average Bonchev–Trinajstić information content (AvgIpc) is 2.54. The molecule has 1 rings (SSSR count). The minimum atomic E-state index is -3.60. The summed E-state index contributed by atoms with van der Waals surface area (Å²) in [6, 6.07) is 4.43. The van der Waals surface area contributed by atoms with Crippen molar-refractivity contribution in [3.8, 4) is 0 Å². The number of carbonyl (C=O) groups excluding carboxylic acids is 1. The van der Waals surface area contributed by atoms with E-state index in [1.807, 2.05) is 6.92 Å². The zero-order valence-electron chi connectivity index (χ0n) is 14.7. The maximum absolute atomic E-state index is 12.0.